The van der Waals surface area contributed by atoms with Crippen molar-refractivity contribution in [3.8, 4) is 0 Å². The fourth-order valence-electron chi connectivity index (χ4n) is 3.69. The Morgan fingerprint density at radius 3 is 3.07 bits per heavy atom. The Morgan fingerprint density at radius 2 is 2.24 bits per heavy atom. The van der Waals surface area contributed by atoms with Crippen molar-refractivity contribution < 1.29 is 4.74 Å². The summed E-state index contributed by atoms with van der Waals surface area (Å²) in [4.78, 5) is 11.6. The van der Waals surface area contributed by atoms with Gasteiger partial charge in [-0.15, -0.1) is 0 Å². The fraction of sp³-hybridized carbons (Fsp3) is 0.476. The van der Waals surface area contributed by atoms with E-state index in [-0.39, 0.29) is 6.10 Å². The second kappa shape index (κ2) is 9.09. The van der Waals surface area contributed by atoms with Gasteiger partial charge in [-0.3, -0.25) is 9.67 Å². The molecule has 1 aliphatic heterocycles. The molecule has 4 rings (SSSR count). The zero-order valence-electron chi connectivity index (χ0n) is 17.2. The maximum atomic E-state index is 5.96. The number of aliphatic imine (C=N–C) groups is 1. The van der Waals surface area contributed by atoms with Gasteiger partial charge in [0.25, 0.3) is 0 Å². The minimum atomic E-state index is 0.0265. The Morgan fingerprint density at radius 1 is 1.34 bits per heavy atom. The van der Waals surface area contributed by atoms with E-state index in [1.165, 1.54) is 5.52 Å². The lowest BCUT2D eigenvalue weighted by Crippen LogP contribution is -2.48. The van der Waals surface area contributed by atoms with E-state index in [4.69, 9.17) is 9.73 Å². The zero-order chi connectivity index (χ0) is 20.1. The van der Waals surface area contributed by atoms with Crippen LogP contribution < -0.4 is 5.32 Å². The summed E-state index contributed by atoms with van der Waals surface area (Å²) in [6.07, 6.45) is 6.81. The van der Waals surface area contributed by atoms with Crippen LogP contribution in [0.3, 0.4) is 0 Å². The number of morpholine rings is 1. The highest BCUT2D eigenvalue weighted by Gasteiger charge is 2.25. The van der Waals surface area contributed by atoms with Gasteiger partial charge < -0.3 is 19.5 Å². The molecule has 0 amide bonds. The van der Waals surface area contributed by atoms with Gasteiger partial charge in [0.05, 0.1) is 36.7 Å². The number of aromatic nitrogens is 4. The van der Waals surface area contributed by atoms with E-state index < -0.39 is 0 Å². The first kappa shape index (κ1) is 19.4. The van der Waals surface area contributed by atoms with E-state index in [1.54, 1.807) is 0 Å². The first-order valence-corrected chi connectivity index (χ1v) is 10.3. The molecule has 0 radical (unpaired) electrons. The highest BCUT2D eigenvalue weighted by Crippen LogP contribution is 2.21. The van der Waals surface area contributed by atoms with Gasteiger partial charge >= 0.3 is 0 Å². The molecule has 154 valence electrons. The Labute approximate surface area is 171 Å². The first-order valence-electron chi connectivity index (χ1n) is 10.3. The molecule has 3 aromatic rings. The normalized spacial score (nSPS) is 17.8. The largest absolute Gasteiger partial charge is 0.370 e. The molecule has 0 spiro atoms. The summed E-state index contributed by atoms with van der Waals surface area (Å²) in [6.45, 7) is 6.93. The van der Waals surface area contributed by atoms with Gasteiger partial charge in [0.2, 0.25) is 0 Å². The maximum Gasteiger partial charge on any atom is 0.194 e. The van der Waals surface area contributed by atoms with Crippen molar-refractivity contribution in [3.63, 3.8) is 0 Å². The lowest BCUT2D eigenvalue weighted by molar-refractivity contribution is -0.00804. The average molecular weight is 396 g/mol. The van der Waals surface area contributed by atoms with Gasteiger partial charge in [-0.1, -0.05) is 12.1 Å². The molecule has 0 saturated carbocycles. The number of hydrogen-bond acceptors (Lipinski definition) is 4. The molecule has 29 heavy (non-hydrogen) atoms. The van der Waals surface area contributed by atoms with Crippen LogP contribution >= 0.6 is 0 Å². The number of fused-ring (bicyclic) bond motifs is 1. The third-order valence-electron chi connectivity index (χ3n) is 5.14. The number of rotatable bonds is 6. The minimum Gasteiger partial charge on any atom is -0.370 e. The molecule has 3 heterocycles. The molecule has 1 fully saturated rings. The number of imidazole rings is 1. The number of aryl methyl sites for hydroxylation is 2. The van der Waals surface area contributed by atoms with Crippen LogP contribution in [-0.4, -0.2) is 63.0 Å². The molecule has 1 N–H and O–H groups in total. The minimum absolute atomic E-state index is 0.0265. The van der Waals surface area contributed by atoms with Crippen molar-refractivity contribution in [2.24, 2.45) is 12.0 Å². The Balaban J connectivity index is 1.36. The Bertz CT molecular complexity index is 961. The molecular weight excluding hydrogens is 366 g/mol. The van der Waals surface area contributed by atoms with E-state index in [2.05, 4.69) is 43.9 Å². The van der Waals surface area contributed by atoms with Crippen LogP contribution in [-0.2, 0) is 18.3 Å². The number of ether oxygens (including phenoxy) is 1. The van der Waals surface area contributed by atoms with Crippen LogP contribution in [0.15, 0.2) is 48.0 Å². The van der Waals surface area contributed by atoms with Crippen LogP contribution in [0, 0.1) is 0 Å². The molecule has 1 atom stereocenters. The lowest BCUT2D eigenvalue weighted by atomic mass is 10.1. The third-order valence-corrected chi connectivity index (χ3v) is 5.14. The van der Waals surface area contributed by atoms with Gasteiger partial charge in [0.15, 0.2) is 5.96 Å². The van der Waals surface area contributed by atoms with Crippen molar-refractivity contribution >= 4 is 17.0 Å². The molecule has 0 aliphatic carbocycles. The van der Waals surface area contributed by atoms with Crippen molar-refractivity contribution in [3.05, 3.63) is 48.5 Å². The third kappa shape index (κ3) is 4.59. The van der Waals surface area contributed by atoms with Crippen LogP contribution in [0.2, 0.25) is 0 Å². The summed E-state index contributed by atoms with van der Waals surface area (Å²) in [6, 6.07) is 8.24. The number of guanidine groups is 1. The second-order valence-electron chi connectivity index (χ2n) is 7.27. The van der Waals surface area contributed by atoms with Crippen molar-refractivity contribution in [2.45, 2.75) is 26.0 Å². The van der Waals surface area contributed by atoms with Crippen LogP contribution in [0.25, 0.3) is 11.0 Å². The number of hydrogen-bond donors (Lipinski definition) is 1. The molecule has 1 aromatic carbocycles. The fourth-order valence-corrected chi connectivity index (χ4v) is 3.69. The van der Waals surface area contributed by atoms with Gasteiger partial charge in [-0.25, -0.2) is 4.98 Å². The predicted octanol–water partition coefficient (Wildman–Crippen LogP) is 2.20. The van der Waals surface area contributed by atoms with Gasteiger partial charge in [-0.05, 0) is 25.5 Å². The maximum absolute atomic E-state index is 5.96. The van der Waals surface area contributed by atoms with E-state index in [0.29, 0.717) is 6.61 Å². The van der Waals surface area contributed by atoms with E-state index in [1.807, 2.05) is 42.6 Å². The van der Waals surface area contributed by atoms with Crippen LogP contribution in [0.4, 0.5) is 0 Å². The molecule has 8 nitrogen and oxygen atoms in total. The number of para-hydroxylation sites is 2. The molecular formula is C21H29N7O. The number of nitrogens with one attached hydrogen (secondary N) is 1. The summed E-state index contributed by atoms with van der Waals surface area (Å²) in [5.41, 5.74) is 3.33. The van der Waals surface area contributed by atoms with Gasteiger partial charge in [0, 0.05) is 45.0 Å². The predicted molar refractivity (Wildman–Crippen MR) is 114 cm³/mol. The smallest absolute Gasteiger partial charge is 0.194 e. The molecule has 1 aliphatic rings. The molecule has 1 unspecified atom stereocenters. The monoisotopic (exact) mass is 395 g/mol. The standard InChI is InChI=1S/C21H29N7O/c1-3-22-21(27-11-12-29-20(15-27)17-13-25-26(2)14-17)23-9-6-10-28-16-24-18-7-4-5-8-19(18)28/h4-5,7-8,13-14,16,20H,3,6,9-12,15H2,1-2H3,(H,22,23). The number of nitrogens with zero attached hydrogens (tertiary/aromatic N) is 6. The van der Waals surface area contributed by atoms with Crippen LogP contribution in [0.5, 0.6) is 0 Å². The lowest BCUT2D eigenvalue weighted by Gasteiger charge is -2.34. The van der Waals surface area contributed by atoms with Crippen LogP contribution in [0.1, 0.15) is 25.0 Å². The summed E-state index contributed by atoms with van der Waals surface area (Å²) in [7, 11) is 1.93. The van der Waals surface area contributed by atoms with E-state index in [9.17, 15) is 0 Å². The van der Waals surface area contributed by atoms with Crippen molar-refractivity contribution in [2.75, 3.05) is 32.8 Å². The van der Waals surface area contributed by atoms with Crippen molar-refractivity contribution in [1.82, 2.24) is 29.5 Å². The van der Waals surface area contributed by atoms with Crippen molar-refractivity contribution in [1.29, 1.82) is 0 Å². The van der Waals surface area contributed by atoms with E-state index >= 15 is 0 Å². The van der Waals surface area contributed by atoms with Gasteiger partial charge in [0.1, 0.15) is 6.10 Å². The average Bonchev–Trinajstić information content (AvgIpc) is 3.37. The highest BCUT2D eigenvalue weighted by molar-refractivity contribution is 5.80. The summed E-state index contributed by atoms with van der Waals surface area (Å²) in [5.74, 6) is 0.958. The molecule has 1 saturated heterocycles. The molecule has 8 heteroatoms. The summed E-state index contributed by atoms with van der Waals surface area (Å²) >= 11 is 0. The Kier molecular flexibility index (Phi) is 6.09. The van der Waals surface area contributed by atoms with E-state index in [0.717, 1.165) is 56.2 Å². The highest BCUT2D eigenvalue weighted by atomic mass is 16.5. The quantitative estimate of drug-likeness (QED) is 0.394. The molecule has 2 aromatic heterocycles. The zero-order valence-corrected chi connectivity index (χ0v) is 17.2. The Hall–Kier alpha value is -2.87. The van der Waals surface area contributed by atoms with Gasteiger partial charge in [-0.2, -0.15) is 5.10 Å². The first-order chi connectivity index (χ1) is 14.2. The number of benzene rings is 1. The SMILES string of the molecule is CCNC(=NCCCn1cnc2ccccc21)N1CCOC(c2cnn(C)c2)C1. The second-order valence-corrected chi connectivity index (χ2v) is 7.27. The summed E-state index contributed by atoms with van der Waals surface area (Å²) < 4.78 is 9.98. The molecule has 0 bridgehead atoms. The summed E-state index contributed by atoms with van der Waals surface area (Å²) in [5, 5.41) is 7.70. The topological polar surface area (TPSA) is 72.5 Å².